The van der Waals surface area contributed by atoms with E-state index in [0.717, 1.165) is 5.56 Å². The summed E-state index contributed by atoms with van der Waals surface area (Å²) in [5, 5.41) is 8.52. The van der Waals surface area contributed by atoms with Crippen molar-refractivity contribution in [3.63, 3.8) is 0 Å². The molecular formula is C8H7NO3SSe. The van der Waals surface area contributed by atoms with E-state index in [9.17, 15) is 4.21 Å². The summed E-state index contributed by atoms with van der Waals surface area (Å²) in [7, 11) is -3.28. The molecule has 6 heteroatoms. The third-order valence-corrected chi connectivity index (χ3v) is 2.48. The van der Waals surface area contributed by atoms with Crippen molar-refractivity contribution in [1.82, 2.24) is 0 Å². The molecule has 0 bridgehead atoms. The summed E-state index contributed by atoms with van der Waals surface area (Å²) < 4.78 is 24.1. The fraction of sp³-hybridized carbons (Fsp3) is 0.125. The number of nitriles is 1. The summed E-state index contributed by atoms with van der Waals surface area (Å²) in [5.41, 5.74) is 1.28. The maximum atomic E-state index is 10.7. The molecule has 1 N–H and O–H groups in total. The van der Waals surface area contributed by atoms with E-state index in [4.69, 9.17) is 9.81 Å². The predicted octanol–water partition coefficient (Wildman–Crippen LogP) is 0.831. The summed E-state index contributed by atoms with van der Waals surface area (Å²) in [6.07, 6.45) is 0. The molecule has 14 heavy (non-hydrogen) atoms. The van der Waals surface area contributed by atoms with Crippen LogP contribution in [0.25, 0.3) is 0 Å². The topological polar surface area (TPSA) is 70.3 Å². The van der Waals surface area contributed by atoms with Gasteiger partial charge in [-0.1, -0.05) is 0 Å². The van der Waals surface area contributed by atoms with E-state index in [1.54, 1.807) is 24.3 Å². The van der Waals surface area contributed by atoms with E-state index in [0.29, 0.717) is 5.56 Å². The molecule has 1 aromatic carbocycles. The Morgan fingerprint density at radius 2 is 2.07 bits per heavy atom. The molecule has 0 spiro atoms. The van der Waals surface area contributed by atoms with Gasteiger partial charge in [-0.2, -0.15) is 0 Å². The van der Waals surface area contributed by atoms with Crippen molar-refractivity contribution in [1.29, 1.82) is 5.26 Å². The molecule has 0 aromatic heterocycles. The summed E-state index contributed by atoms with van der Waals surface area (Å²) in [6, 6.07) is 8.56. The van der Waals surface area contributed by atoms with Crippen molar-refractivity contribution in [2.75, 3.05) is 0 Å². The first-order valence-corrected chi connectivity index (χ1v) is 7.08. The molecule has 0 saturated carbocycles. The summed E-state index contributed by atoms with van der Waals surface area (Å²) in [4.78, 5) is 0. The van der Waals surface area contributed by atoms with Gasteiger partial charge in [0.15, 0.2) is 0 Å². The number of benzene rings is 1. The van der Waals surface area contributed by atoms with Gasteiger partial charge in [0.25, 0.3) is 0 Å². The number of hydrogen-bond acceptors (Lipinski definition) is 3. The Balaban J connectivity index is 2.67. The second-order valence-corrected chi connectivity index (χ2v) is 6.24. The monoisotopic (exact) mass is 277 g/mol. The van der Waals surface area contributed by atoms with Crippen molar-refractivity contribution in [3.8, 4) is 6.07 Å². The van der Waals surface area contributed by atoms with Gasteiger partial charge in [-0.05, 0) is 0 Å². The van der Waals surface area contributed by atoms with Crippen molar-refractivity contribution >= 4 is 22.8 Å². The molecule has 4 nitrogen and oxygen atoms in total. The first kappa shape index (κ1) is 11.4. The van der Waals surface area contributed by atoms with Crippen molar-refractivity contribution < 1.29 is 12.9 Å². The predicted molar refractivity (Wildman–Crippen MR) is 52.5 cm³/mol. The van der Waals surface area contributed by atoms with Gasteiger partial charge in [0, 0.05) is 0 Å². The van der Waals surface area contributed by atoms with E-state index in [1.807, 2.05) is 20.5 Å². The molecule has 0 amide bonds. The Kier molecular flexibility index (Phi) is 3.81. The second kappa shape index (κ2) is 4.69. The average molecular weight is 276 g/mol. The van der Waals surface area contributed by atoms with Gasteiger partial charge in [0.05, 0.1) is 0 Å². The van der Waals surface area contributed by atoms with Crippen molar-refractivity contribution in [2.45, 2.75) is 6.61 Å². The second-order valence-electron chi connectivity index (χ2n) is 2.50. The molecule has 0 aliphatic carbocycles. The minimum absolute atomic E-state index is 0.0358. The molecule has 1 atom stereocenters. The fourth-order valence-corrected chi connectivity index (χ4v) is 1.41. The molecule has 1 aromatic rings. The van der Waals surface area contributed by atoms with Crippen LogP contribution in [-0.2, 0) is 19.2 Å². The van der Waals surface area contributed by atoms with Crippen molar-refractivity contribution in [3.05, 3.63) is 35.4 Å². The van der Waals surface area contributed by atoms with E-state index < -0.39 is 8.42 Å². The summed E-state index contributed by atoms with van der Waals surface area (Å²) >= 11 is 2.02. The molecule has 0 radical (unpaired) electrons. The minimum atomic E-state index is -3.28. The van der Waals surface area contributed by atoms with E-state index in [1.165, 1.54) is 0 Å². The van der Waals surface area contributed by atoms with Crippen LogP contribution in [0.1, 0.15) is 11.1 Å². The molecule has 1 unspecified atom stereocenters. The van der Waals surface area contributed by atoms with E-state index in [2.05, 4.69) is 4.18 Å². The van der Waals surface area contributed by atoms with Gasteiger partial charge in [0.2, 0.25) is 0 Å². The van der Waals surface area contributed by atoms with Crippen LogP contribution in [0.4, 0.5) is 0 Å². The van der Waals surface area contributed by atoms with Crippen molar-refractivity contribution in [2.24, 2.45) is 0 Å². The first-order valence-electron chi connectivity index (χ1n) is 3.62. The Hall–Kier alpha value is -0.701. The van der Waals surface area contributed by atoms with Gasteiger partial charge in [-0.3, -0.25) is 0 Å². The number of hydrogen-bond donors (Lipinski definition) is 1. The van der Waals surface area contributed by atoms with E-state index in [-0.39, 0.29) is 6.61 Å². The van der Waals surface area contributed by atoms with Crippen LogP contribution in [0.15, 0.2) is 24.3 Å². The first-order chi connectivity index (χ1) is 6.51. The standard InChI is InChI=1S/C8H7NO3SSe/c9-5-7-1-3-8(4-2-7)6-12-13(10,11)14/h1-4H,6H2,(H,10,11,14). The van der Waals surface area contributed by atoms with Crippen LogP contribution in [0.3, 0.4) is 0 Å². The van der Waals surface area contributed by atoms with Crippen LogP contribution < -0.4 is 0 Å². The molecule has 0 aliphatic rings. The molecule has 1 rings (SSSR count). The molecule has 0 aliphatic heterocycles. The maximum absolute atomic E-state index is 10.7. The summed E-state index contributed by atoms with van der Waals surface area (Å²) in [5.74, 6) is 0. The van der Waals surface area contributed by atoms with Gasteiger partial charge in [-0.15, -0.1) is 0 Å². The molecule has 0 saturated heterocycles. The van der Waals surface area contributed by atoms with E-state index >= 15 is 0 Å². The quantitative estimate of drug-likeness (QED) is 0.830. The van der Waals surface area contributed by atoms with Gasteiger partial charge < -0.3 is 0 Å². The van der Waals surface area contributed by atoms with Crippen LogP contribution in [0.5, 0.6) is 0 Å². The van der Waals surface area contributed by atoms with Crippen LogP contribution in [0.2, 0.25) is 0 Å². The Morgan fingerprint density at radius 3 is 2.50 bits per heavy atom. The zero-order valence-electron chi connectivity index (χ0n) is 7.04. The van der Waals surface area contributed by atoms with Gasteiger partial charge >= 0.3 is 89.1 Å². The number of rotatable bonds is 3. The zero-order chi connectivity index (χ0) is 10.6. The molecule has 0 heterocycles. The molecular weight excluding hydrogens is 269 g/mol. The molecule has 74 valence electrons. The molecule has 0 fully saturated rings. The fourth-order valence-electron chi connectivity index (χ4n) is 0.818. The normalized spacial score (nSPS) is 14.3. The zero-order valence-corrected chi connectivity index (χ0v) is 9.57. The summed E-state index contributed by atoms with van der Waals surface area (Å²) in [6.45, 7) is 0.0358. The number of nitrogens with zero attached hydrogens (tertiary/aromatic N) is 1. The van der Waals surface area contributed by atoms with Crippen LogP contribution in [-0.4, -0.2) is 23.1 Å². The van der Waals surface area contributed by atoms with Crippen LogP contribution >= 0.6 is 0 Å². The van der Waals surface area contributed by atoms with Gasteiger partial charge in [0.1, 0.15) is 0 Å². The Labute approximate surface area is 89.2 Å². The van der Waals surface area contributed by atoms with Gasteiger partial charge in [-0.25, -0.2) is 0 Å². The van der Waals surface area contributed by atoms with Crippen LogP contribution in [0, 0.1) is 11.3 Å². The average Bonchev–Trinajstić information content (AvgIpc) is 2.14. The SMILES string of the molecule is N#Cc1ccc(COS(=O)(O)=[Se])cc1. The third-order valence-electron chi connectivity index (χ3n) is 1.46. The third kappa shape index (κ3) is 4.01. The Morgan fingerprint density at radius 1 is 1.50 bits per heavy atom. The Bertz CT molecular complexity index is 446.